The van der Waals surface area contributed by atoms with Gasteiger partial charge < -0.3 is 19.6 Å². The Bertz CT molecular complexity index is 912. The molecule has 6 nitrogen and oxygen atoms in total. The monoisotopic (exact) mass is 369 g/mol. The molecule has 1 fully saturated rings. The number of furan rings is 1. The van der Waals surface area contributed by atoms with Crippen LogP contribution in [0.5, 0.6) is 0 Å². The van der Waals surface area contributed by atoms with Gasteiger partial charge in [0.25, 0.3) is 11.8 Å². The lowest BCUT2D eigenvalue weighted by molar-refractivity contribution is 0.0737. The number of hydrogen-bond donors (Lipinski definition) is 2. The third kappa shape index (κ3) is 3.06. The predicted molar refractivity (Wildman–Crippen MR) is 99.5 cm³/mol. The summed E-state index contributed by atoms with van der Waals surface area (Å²) in [5.41, 5.74) is 1.93. The van der Waals surface area contributed by atoms with Crippen LogP contribution in [0.4, 0.5) is 5.00 Å². The number of carbonyl (C=O) groups is 2. The van der Waals surface area contributed by atoms with Crippen LogP contribution in [0.25, 0.3) is 0 Å². The van der Waals surface area contributed by atoms with Gasteiger partial charge in [-0.15, -0.1) is 11.3 Å². The van der Waals surface area contributed by atoms with Crippen molar-refractivity contribution in [1.82, 2.24) is 9.88 Å². The minimum absolute atomic E-state index is 0.0168. The minimum atomic E-state index is -0.319. The number of nitrogens with zero attached hydrogens (tertiary/aromatic N) is 1. The van der Waals surface area contributed by atoms with E-state index in [9.17, 15) is 9.59 Å². The number of nitrogens with one attached hydrogen (secondary N) is 2. The molecule has 134 valence electrons. The molecule has 1 saturated heterocycles. The summed E-state index contributed by atoms with van der Waals surface area (Å²) in [6.07, 6.45) is 5.29. The molecule has 7 heteroatoms. The average Bonchev–Trinajstić information content (AvgIpc) is 3.40. The lowest BCUT2D eigenvalue weighted by atomic mass is 10.1. The number of aromatic nitrogens is 1. The zero-order valence-corrected chi connectivity index (χ0v) is 15.1. The first kappa shape index (κ1) is 16.7. The third-order valence-electron chi connectivity index (χ3n) is 4.59. The number of anilines is 1. The first-order valence-corrected chi connectivity index (χ1v) is 9.34. The highest BCUT2D eigenvalue weighted by atomic mass is 32.1. The Morgan fingerprint density at radius 2 is 2.23 bits per heavy atom. The Balaban J connectivity index is 1.53. The zero-order chi connectivity index (χ0) is 18.1. The van der Waals surface area contributed by atoms with Crippen LogP contribution in [-0.2, 0) is 0 Å². The highest BCUT2D eigenvalue weighted by Gasteiger charge is 2.32. The summed E-state index contributed by atoms with van der Waals surface area (Å²) in [6.45, 7) is 2.64. The van der Waals surface area contributed by atoms with Crippen molar-refractivity contribution in [3.63, 3.8) is 0 Å². The molecule has 4 rings (SSSR count). The Morgan fingerprint density at radius 3 is 2.96 bits per heavy atom. The maximum Gasteiger partial charge on any atom is 0.291 e. The zero-order valence-electron chi connectivity index (χ0n) is 14.3. The van der Waals surface area contributed by atoms with Crippen molar-refractivity contribution in [1.29, 1.82) is 0 Å². The Labute approximate surface area is 154 Å². The number of aromatic amines is 1. The predicted octanol–water partition coefficient (Wildman–Crippen LogP) is 4.21. The van der Waals surface area contributed by atoms with Crippen molar-refractivity contribution >= 4 is 28.2 Å². The standard InChI is InChI=1S/C19H19N3O3S/c1-12-11-16(21-18(23)15-7-4-10-25-15)26-17(12)19(24)22-9-3-6-14(22)13-5-2-8-20-13/h2,4-5,7-8,10-11,14,20H,3,6,9H2,1H3,(H,21,23)/t14-/m0/s1. The van der Waals surface area contributed by atoms with E-state index in [2.05, 4.69) is 10.3 Å². The first-order chi connectivity index (χ1) is 12.6. The van der Waals surface area contributed by atoms with E-state index < -0.39 is 0 Å². The molecule has 0 aromatic carbocycles. The van der Waals surface area contributed by atoms with E-state index in [1.54, 1.807) is 12.1 Å². The molecule has 0 bridgehead atoms. The van der Waals surface area contributed by atoms with Gasteiger partial charge in [-0.25, -0.2) is 0 Å². The number of aryl methyl sites for hydroxylation is 1. The van der Waals surface area contributed by atoms with Crippen LogP contribution in [0.3, 0.4) is 0 Å². The fourth-order valence-electron chi connectivity index (χ4n) is 3.35. The summed E-state index contributed by atoms with van der Waals surface area (Å²) in [5, 5.41) is 3.44. The molecule has 3 aromatic heterocycles. The van der Waals surface area contributed by atoms with Gasteiger partial charge in [0, 0.05) is 18.4 Å². The van der Waals surface area contributed by atoms with Gasteiger partial charge in [-0.2, -0.15) is 0 Å². The smallest absolute Gasteiger partial charge is 0.291 e. The van der Waals surface area contributed by atoms with Crippen LogP contribution in [0.1, 0.15) is 50.4 Å². The van der Waals surface area contributed by atoms with Gasteiger partial charge in [0.05, 0.1) is 22.2 Å². The molecule has 3 aromatic rings. The van der Waals surface area contributed by atoms with E-state index in [1.807, 2.05) is 36.2 Å². The number of carbonyl (C=O) groups excluding carboxylic acids is 2. The van der Waals surface area contributed by atoms with Gasteiger partial charge in [0.1, 0.15) is 0 Å². The van der Waals surface area contributed by atoms with Crippen molar-refractivity contribution < 1.29 is 14.0 Å². The molecule has 26 heavy (non-hydrogen) atoms. The molecule has 0 aliphatic carbocycles. The number of likely N-dealkylation sites (tertiary alicyclic amines) is 1. The van der Waals surface area contributed by atoms with E-state index in [0.29, 0.717) is 9.88 Å². The Kier molecular flexibility index (Phi) is 4.38. The Morgan fingerprint density at radius 1 is 1.35 bits per heavy atom. The van der Waals surface area contributed by atoms with E-state index in [-0.39, 0.29) is 23.6 Å². The van der Waals surface area contributed by atoms with Crippen LogP contribution in [0.2, 0.25) is 0 Å². The molecule has 0 spiro atoms. The first-order valence-electron chi connectivity index (χ1n) is 8.53. The van der Waals surface area contributed by atoms with Crippen molar-refractivity contribution in [3.05, 3.63) is 64.7 Å². The largest absolute Gasteiger partial charge is 0.459 e. The molecule has 0 saturated carbocycles. The normalized spacial score (nSPS) is 16.8. The van der Waals surface area contributed by atoms with Crippen LogP contribution < -0.4 is 5.32 Å². The fourth-order valence-corrected chi connectivity index (χ4v) is 4.38. The van der Waals surface area contributed by atoms with Crippen LogP contribution in [0.15, 0.2) is 47.2 Å². The van der Waals surface area contributed by atoms with E-state index in [1.165, 1.54) is 17.6 Å². The summed E-state index contributed by atoms with van der Waals surface area (Å²) in [4.78, 5) is 31.0. The van der Waals surface area contributed by atoms with E-state index in [4.69, 9.17) is 4.42 Å². The fraction of sp³-hybridized carbons (Fsp3) is 0.263. The molecule has 2 amide bonds. The number of H-pyrrole nitrogens is 1. The minimum Gasteiger partial charge on any atom is -0.459 e. The molecule has 1 aliphatic heterocycles. The molecular weight excluding hydrogens is 350 g/mol. The number of thiophene rings is 1. The highest BCUT2D eigenvalue weighted by Crippen LogP contribution is 2.35. The number of hydrogen-bond acceptors (Lipinski definition) is 4. The maximum atomic E-state index is 13.1. The highest BCUT2D eigenvalue weighted by molar-refractivity contribution is 7.18. The van der Waals surface area contributed by atoms with Crippen LogP contribution in [-0.4, -0.2) is 28.2 Å². The van der Waals surface area contributed by atoms with Gasteiger partial charge in [-0.1, -0.05) is 0 Å². The second-order valence-corrected chi connectivity index (χ2v) is 7.39. The summed E-state index contributed by atoms with van der Waals surface area (Å²) < 4.78 is 5.10. The van der Waals surface area contributed by atoms with Crippen molar-refractivity contribution in [3.8, 4) is 0 Å². The average molecular weight is 369 g/mol. The second-order valence-electron chi connectivity index (χ2n) is 6.34. The SMILES string of the molecule is Cc1cc(NC(=O)c2ccco2)sc1C(=O)N1CCC[C@H]1c1ccc[nH]1. The molecule has 4 heterocycles. The topological polar surface area (TPSA) is 78.3 Å². The van der Waals surface area contributed by atoms with Crippen LogP contribution >= 0.6 is 11.3 Å². The summed E-state index contributed by atoms with van der Waals surface area (Å²) >= 11 is 1.30. The number of rotatable bonds is 4. The quantitative estimate of drug-likeness (QED) is 0.723. The van der Waals surface area contributed by atoms with Gasteiger partial charge in [0.2, 0.25) is 0 Å². The molecule has 0 radical (unpaired) electrons. The maximum absolute atomic E-state index is 13.1. The molecular formula is C19H19N3O3S. The van der Waals surface area contributed by atoms with Gasteiger partial charge >= 0.3 is 0 Å². The second kappa shape index (κ2) is 6.84. The lowest BCUT2D eigenvalue weighted by Crippen LogP contribution is -2.30. The van der Waals surface area contributed by atoms with Crippen molar-refractivity contribution in [2.75, 3.05) is 11.9 Å². The van der Waals surface area contributed by atoms with E-state index in [0.717, 1.165) is 30.6 Å². The third-order valence-corrected chi connectivity index (χ3v) is 5.73. The number of amides is 2. The molecule has 1 aliphatic rings. The summed E-state index contributed by atoms with van der Waals surface area (Å²) in [6, 6.07) is 9.16. The molecule has 0 unspecified atom stereocenters. The van der Waals surface area contributed by atoms with E-state index >= 15 is 0 Å². The summed E-state index contributed by atoms with van der Waals surface area (Å²) in [7, 11) is 0. The van der Waals surface area contributed by atoms with Gasteiger partial charge in [-0.3, -0.25) is 9.59 Å². The van der Waals surface area contributed by atoms with Crippen molar-refractivity contribution in [2.45, 2.75) is 25.8 Å². The Hall–Kier alpha value is -2.80. The van der Waals surface area contributed by atoms with Crippen molar-refractivity contribution in [2.24, 2.45) is 0 Å². The molecule has 2 N–H and O–H groups in total. The molecule has 1 atom stereocenters. The van der Waals surface area contributed by atoms with Gasteiger partial charge in [-0.05, 0) is 55.7 Å². The lowest BCUT2D eigenvalue weighted by Gasteiger charge is -2.23. The summed E-state index contributed by atoms with van der Waals surface area (Å²) in [5.74, 6) is -0.0564. The van der Waals surface area contributed by atoms with Gasteiger partial charge in [0.15, 0.2) is 5.76 Å². The van der Waals surface area contributed by atoms with Crippen LogP contribution in [0, 0.1) is 6.92 Å².